The lowest BCUT2D eigenvalue weighted by molar-refractivity contribution is -0.137. The summed E-state index contributed by atoms with van der Waals surface area (Å²) in [5, 5.41) is 14.3. The quantitative estimate of drug-likeness (QED) is 0.707. The Balaban J connectivity index is 4.39. The van der Waals surface area contributed by atoms with Gasteiger partial charge in [0.2, 0.25) is 0 Å². The predicted octanol–water partition coefficient (Wildman–Crippen LogP) is 2.22. The summed E-state index contributed by atoms with van der Waals surface area (Å²) in [5.41, 5.74) is -0.0303. The second kappa shape index (κ2) is 6.61. The zero-order chi connectivity index (χ0) is 14.5. The van der Waals surface area contributed by atoms with Crippen LogP contribution in [-0.4, -0.2) is 29.2 Å². The molecule has 0 saturated heterocycles. The van der Waals surface area contributed by atoms with E-state index >= 15 is 0 Å². The Bertz CT molecular complexity index is 295. The molecular formula is C13H26N2O3. The molecule has 0 radical (unpaired) electrons. The van der Waals surface area contributed by atoms with Gasteiger partial charge in [-0.05, 0) is 18.3 Å². The molecule has 2 atom stereocenters. The summed E-state index contributed by atoms with van der Waals surface area (Å²) in [5.74, 6) is -0.824. The highest BCUT2D eigenvalue weighted by atomic mass is 16.4. The number of carboxylic acids is 1. The molecule has 106 valence electrons. The van der Waals surface area contributed by atoms with Crippen LogP contribution in [0.2, 0.25) is 0 Å². The van der Waals surface area contributed by atoms with Crippen LogP contribution in [-0.2, 0) is 4.79 Å². The van der Waals surface area contributed by atoms with Gasteiger partial charge in [0.1, 0.15) is 0 Å². The first-order valence-electron chi connectivity index (χ1n) is 6.33. The van der Waals surface area contributed by atoms with Crippen LogP contribution in [0.15, 0.2) is 0 Å². The summed E-state index contributed by atoms with van der Waals surface area (Å²) in [6.07, 6.45) is -0.0605. The second-order valence-corrected chi connectivity index (χ2v) is 6.15. The summed E-state index contributed by atoms with van der Waals surface area (Å²) in [7, 11) is 0. The highest BCUT2D eigenvalue weighted by molar-refractivity contribution is 5.76. The van der Waals surface area contributed by atoms with Crippen molar-refractivity contribution < 1.29 is 14.7 Å². The van der Waals surface area contributed by atoms with Crippen molar-refractivity contribution in [2.75, 3.05) is 0 Å². The first-order valence-corrected chi connectivity index (χ1v) is 6.33. The molecule has 2 unspecified atom stereocenters. The van der Waals surface area contributed by atoms with Gasteiger partial charge >= 0.3 is 12.0 Å². The molecule has 0 saturated carbocycles. The molecule has 2 amide bonds. The Morgan fingerprint density at radius 3 is 1.94 bits per heavy atom. The molecule has 0 fully saturated rings. The van der Waals surface area contributed by atoms with E-state index in [1.54, 1.807) is 0 Å². The number of rotatable bonds is 5. The van der Waals surface area contributed by atoms with Gasteiger partial charge in [0.15, 0.2) is 0 Å². The highest BCUT2D eigenvalue weighted by Gasteiger charge is 2.24. The van der Waals surface area contributed by atoms with Crippen LogP contribution in [0.1, 0.15) is 48.0 Å². The van der Waals surface area contributed by atoms with Crippen molar-refractivity contribution in [3.05, 3.63) is 0 Å². The van der Waals surface area contributed by atoms with Gasteiger partial charge in [-0.3, -0.25) is 4.79 Å². The Hall–Kier alpha value is -1.26. The maximum absolute atomic E-state index is 11.8. The first kappa shape index (κ1) is 16.7. The zero-order valence-electron chi connectivity index (χ0n) is 12.2. The molecule has 5 nitrogen and oxygen atoms in total. The topological polar surface area (TPSA) is 78.4 Å². The Morgan fingerprint density at radius 1 is 1.11 bits per heavy atom. The SMILES string of the molecule is CC(C)C(CC(=O)O)NC(=O)NC(C)C(C)(C)C. The fourth-order valence-corrected chi connectivity index (χ4v) is 1.26. The number of urea groups is 1. The Morgan fingerprint density at radius 2 is 1.61 bits per heavy atom. The van der Waals surface area contributed by atoms with Crippen LogP contribution in [0.25, 0.3) is 0 Å². The van der Waals surface area contributed by atoms with Crippen LogP contribution in [0.5, 0.6) is 0 Å². The monoisotopic (exact) mass is 258 g/mol. The Labute approximate surface area is 109 Å². The lowest BCUT2D eigenvalue weighted by Gasteiger charge is -2.29. The van der Waals surface area contributed by atoms with E-state index in [0.717, 1.165) is 0 Å². The van der Waals surface area contributed by atoms with E-state index in [2.05, 4.69) is 10.6 Å². The maximum atomic E-state index is 11.8. The normalized spacial score (nSPS) is 15.1. The van der Waals surface area contributed by atoms with Crippen molar-refractivity contribution in [2.45, 2.75) is 60.0 Å². The van der Waals surface area contributed by atoms with Gasteiger partial charge in [0.05, 0.1) is 6.42 Å². The molecule has 0 aliphatic carbocycles. The van der Waals surface area contributed by atoms with Crippen LogP contribution in [0.3, 0.4) is 0 Å². The predicted molar refractivity (Wildman–Crippen MR) is 71.5 cm³/mol. The van der Waals surface area contributed by atoms with E-state index < -0.39 is 5.97 Å². The maximum Gasteiger partial charge on any atom is 0.315 e. The fraction of sp³-hybridized carbons (Fsp3) is 0.846. The first-order chi connectivity index (χ1) is 8.04. The molecule has 0 aliphatic rings. The molecule has 0 aliphatic heterocycles. The van der Waals surface area contributed by atoms with Crippen molar-refractivity contribution >= 4 is 12.0 Å². The standard InChI is InChI=1S/C13H26N2O3/c1-8(2)10(7-11(16)17)15-12(18)14-9(3)13(4,5)6/h8-10H,7H2,1-6H3,(H,16,17)(H2,14,15,18). The van der Waals surface area contributed by atoms with E-state index in [0.29, 0.717) is 0 Å². The van der Waals surface area contributed by atoms with E-state index in [1.807, 2.05) is 41.5 Å². The number of amides is 2. The van der Waals surface area contributed by atoms with Gasteiger partial charge < -0.3 is 15.7 Å². The average molecular weight is 258 g/mol. The van der Waals surface area contributed by atoms with Gasteiger partial charge in [-0.25, -0.2) is 4.79 Å². The van der Waals surface area contributed by atoms with Crippen LogP contribution in [0, 0.1) is 11.3 Å². The molecule has 0 aromatic carbocycles. The largest absolute Gasteiger partial charge is 0.481 e. The van der Waals surface area contributed by atoms with E-state index in [9.17, 15) is 9.59 Å². The van der Waals surface area contributed by atoms with Crippen molar-refractivity contribution in [2.24, 2.45) is 11.3 Å². The van der Waals surface area contributed by atoms with Crippen molar-refractivity contribution in [1.82, 2.24) is 10.6 Å². The highest BCUT2D eigenvalue weighted by Crippen LogP contribution is 2.18. The molecule has 0 bridgehead atoms. The summed E-state index contributed by atoms with van der Waals surface area (Å²) >= 11 is 0. The molecular weight excluding hydrogens is 232 g/mol. The average Bonchev–Trinajstić information content (AvgIpc) is 2.13. The minimum atomic E-state index is -0.905. The van der Waals surface area contributed by atoms with Crippen molar-refractivity contribution in [3.8, 4) is 0 Å². The molecule has 0 spiro atoms. The van der Waals surface area contributed by atoms with Crippen molar-refractivity contribution in [1.29, 1.82) is 0 Å². The number of carbonyl (C=O) groups is 2. The van der Waals surface area contributed by atoms with Crippen molar-refractivity contribution in [3.63, 3.8) is 0 Å². The molecule has 0 rings (SSSR count). The minimum absolute atomic E-state index is 0.00939. The molecule has 0 aromatic heterocycles. The molecule has 5 heteroatoms. The van der Waals surface area contributed by atoms with Gasteiger partial charge in [-0.1, -0.05) is 34.6 Å². The third-order valence-corrected chi connectivity index (χ3v) is 3.16. The lowest BCUT2D eigenvalue weighted by atomic mass is 9.88. The van der Waals surface area contributed by atoms with Crippen LogP contribution in [0.4, 0.5) is 4.79 Å². The fourth-order valence-electron chi connectivity index (χ4n) is 1.26. The third-order valence-electron chi connectivity index (χ3n) is 3.16. The number of hydrogen-bond donors (Lipinski definition) is 3. The number of carboxylic acid groups (broad SMARTS) is 1. The van der Waals surface area contributed by atoms with Crippen LogP contribution >= 0.6 is 0 Å². The van der Waals surface area contributed by atoms with E-state index in [1.165, 1.54) is 0 Å². The summed E-state index contributed by atoms with van der Waals surface area (Å²) in [6.45, 7) is 11.8. The lowest BCUT2D eigenvalue weighted by Crippen LogP contribution is -2.50. The molecule has 0 aromatic rings. The molecule has 0 heterocycles. The Kier molecular flexibility index (Phi) is 6.15. The summed E-state index contributed by atoms with van der Waals surface area (Å²) in [4.78, 5) is 22.5. The smallest absolute Gasteiger partial charge is 0.315 e. The minimum Gasteiger partial charge on any atom is -0.481 e. The second-order valence-electron chi connectivity index (χ2n) is 6.15. The van der Waals surface area contributed by atoms with Gasteiger partial charge in [0, 0.05) is 12.1 Å². The van der Waals surface area contributed by atoms with Gasteiger partial charge in [-0.15, -0.1) is 0 Å². The number of aliphatic carboxylic acids is 1. The van der Waals surface area contributed by atoms with Crippen LogP contribution < -0.4 is 10.6 Å². The molecule has 18 heavy (non-hydrogen) atoms. The number of nitrogens with one attached hydrogen (secondary N) is 2. The van der Waals surface area contributed by atoms with Gasteiger partial charge in [0.25, 0.3) is 0 Å². The summed E-state index contributed by atoms with van der Waals surface area (Å²) < 4.78 is 0. The van der Waals surface area contributed by atoms with Gasteiger partial charge in [-0.2, -0.15) is 0 Å². The number of hydrogen-bond acceptors (Lipinski definition) is 2. The molecule has 3 N–H and O–H groups in total. The van der Waals surface area contributed by atoms with E-state index in [-0.39, 0.29) is 35.9 Å². The summed E-state index contributed by atoms with van der Waals surface area (Å²) in [6, 6.07) is -0.651. The van der Waals surface area contributed by atoms with E-state index in [4.69, 9.17) is 5.11 Å². The zero-order valence-corrected chi connectivity index (χ0v) is 12.2. The third kappa shape index (κ3) is 6.47. The number of carbonyl (C=O) groups excluding carboxylic acids is 1.